The maximum Gasteiger partial charge on any atom is 0.408 e. The van der Waals surface area contributed by atoms with E-state index in [1.54, 1.807) is 27.7 Å². The van der Waals surface area contributed by atoms with Crippen LogP contribution in [-0.2, 0) is 19.1 Å². The zero-order valence-electron chi connectivity index (χ0n) is 11.8. The first-order valence-corrected chi connectivity index (χ1v) is 6.41. The van der Waals surface area contributed by atoms with E-state index in [2.05, 4.69) is 5.32 Å². The van der Waals surface area contributed by atoms with Gasteiger partial charge in [-0.1, -0.05) is 0 Å². The monoisotopic (exact) mass is 271 g/mol. The van der Waals surface area contributed by atoms with Crippen molar-refractivity contribution >= 4 is 17.8 Å². The highest BCUT2D eigenvalue weighted by Gasteiger charge is 2.38. The number of ether oxygens (including phenoxy) is 2. The second-order valence-electron chi connectivity index (χ2n) is 5.55. The number of esters is 1. The molecule has 0 aromatic rings. The van der Waals surface area contributed by atoms with Gasteiger partial charge in [0.1, 0.15) is 5.60 Å². The Hall–Kier alpha value is -1.59. The highest BCUT2D eigenvalue weighted by molar-refractivity contribution is 5.94. The Balaban J connectivity index is 2.50. The Bertz CT molecular complexity index is 372. The maximum atomic E-state index is 11.7. The predicted molar refractivity (Wildman–Crippen MR) is 67.5 cm³/mol. The lowest BCUT2D eigenvalue weighted by Crippen LogP contribution is -2.41. The second-order valence-corrected chi connectivity index (χ2v) is 5.55. The molecule has 0 aromatic carbocycles. The van der Waals surface area contributed by atoms with Gasteiger partial charge in [0.25, 0.3) is 0 Å². The number of amides is 1. The van der Waals surface area contributed by atoms with Gasteiger partial charge >= 0.3 is 12.1 Å². The fourth-order valence-electron chi connectivity index (χ4n) is 1.91. The maximum absolute atomic E-state index is 11.7. The predicted octanol–water partition coefficient (Wildman–Crippen LogP) is 1.42. The number of carbonyl (C=O) groups excluding carboxylic acids is 3. The highest BCUT2D eigenvalue weighted by Crippen LogP contribution is 2.24. The average Bonchev–Trinajstić information content (AvgIpc) is 2.58. The van der Waals surface area contributed by atoms with Gasteiger partial charge in [-0.2, -0.15) is 0 Å². The summed E-state index contributed by atoms with van der Waals surface area (Å²) in [5.74, 6) is -1.01. The van der Waals surface area contributed by atoms with Crippen molar-refractivity contribution in [1.82, 2.24) is 5.32 Å². The summed E-state index contributed by atoms with van der Waals surface area (Å²) in [5.41, 5.74) is -0.619. The van der Waals surface area contributed by atoms with E-state index < -0.39 is 23.7 Å². The zero-order chi connectivity index (χ0) is 14.6. The van der Waals surface area contributed by atoms with Crippen LogP contribution in [-0.4, -0.2) is 36.1 Å². The van der Waals surface area contributed by atoms with Crippen molar-refractivity contribution < 1.29 is 23.9 Å². The largest absolute Gasteiger partial charge is 0.466 e. The lowest BCUT2D eigenvalue weighted by Gasteiger charge is -2.21. The molecule has 0 bridgehead atoms. The lowest BCUT2D eigenvalue weighted by molar-refractivity contribution is -0.148. The molecule has 1 saturated carbocycles. The molecule has 1 fully saturated rings. The zero-order valence-corrected chi connectivity index (χ0v) is 11.8. The number of rotatable bonds is 3. The Morgan fingerprint density at radius 1 is 1.37 bits per heavy atom. The first kappa shape index (κ1) is 15.5. The summed E-state index contributed by atoms with van der Waals surface area (Å²) in [6.07, 6.45) is -0.258. The molecular formula is C13H21NO5. The van der Waals surface area contributed by atoms with Crippen LogP contribution in [0.1, 0.15) is 40.5 Å². The molecular weight excluding hydrogens is 250 g/mol. The van der Waals surface area contributed by atoms with Gasteiger partial charge < -0.3 is 14.8 Å². The summed E-state index contributed by atoms with van der Waals surface area (Å²) in [6, 6.07) is -0.663. The summed E-state index contributed by atoms with van der Waals surface area (Å²) >= 11 is 0. The van der Waals surface area contributed by atoms with E-state index in [0.717, 1.165) is 0 Å². The molecule has 0 aliphatic heterocycles. The smallest absolute Gasteiger partial charge is 0.408 e. The van der Waals surface area contributed by atoms with Crippen LogP contribution in [0.25, 0.3) is 0 Å². The van der Waals surface area contributed by atoms with Crippen LogP contribution in [0.3, 0.4) is 0 Å². The molecule has 6 heteroatoms. The van der Waals surface area contributed by atoms with Gasteiger partial charge in [-0.3, -0.25) is 9.59 Å². The molecule has 1 rings (SSSR count). The first-order valence-electron chi connectivity index (χ1n) is 6.41. The van der Waals surface area contributed by atoms with Crippen molar-refractivity contribution in [3.8, 4) is 0 Å². The number of alkyl carbamates (subject to hydrolysis) is 1. The number of hydrogen-bond donors (Lipinski definition) is 1. The highest BCUT2D eigenvalue weighted by atomic mass is 16.6. The van der Waals surface area contributed by atoms with Gasteiger partial charge in [-0.15, -0.1) is 0 Å². The fraction of sp³-hybridized carbons (Fsp3) is 0.769. The van der Waals surface area contributed by atoms with Crippen LogP contribution in [0, 0.1) is 5.92 Å². The van der Waals surface area contributed by atoms with Gasteiger partial charge in [0.2, 0.25) is 0 Å². The van der Waals surface area contributed by atoms with Gasteiger partial charge in [0.15, 0.2) is 5.78 Å². The van der Waals surface area contributed by atoms with Crippen LogP contribution >= 0.6 is 0 Å². The molecule has 0 unspecified atom stereocenters. The fourth-order valence-corrected chi connectivity index (χ4v) is 1.91. The molecule has 0 heterocycles. The van der Waals surface area contributed by atoms with Crippen molar-refractivity contribution in [3.63, 3.8) is 0 Å². The van der Waals surface area contributed by atoms with Crippen LogP contribution < -0.4 is 5.32 Å². The second kappa shape index (κ2) is 6.04. The molecule has 19 heavy (non-hydrogen) atoms. The lowest BCUT2D eigenvalue weighted by atomic mass is 10.1. The number of ketones is 1. The molecule has 1 N–H and O–H groups in total. The van der Waals surface area contributed by atoms with Crippen LogP contribution in [0.5, 0.6) is 0 Å². The Kier molecular flexibility index (Phi) is 4.91. The third kappa shape index (κ3) is 4.89. The minimum absolute atomic E-state index is 0.110. The van der Waals surface area contributed by atoms with Crippen molar-refractivity contribution in [2.24, 2.45) is 5.92 Å². The molecule has 1 amide bonds. The van der Waals surface area contributed by atoms with E-state index in [1.807, 2.05) is 0 Å². The average molecular weight is 271 g/mol. The Labute approximate surface area is 112 Å². The molecule has 1 aliphatic rings. The normalized spacial score (nSPS) is 23.1. The molecule has 0 saturated heterocycles. The topological polar surface area (TPSA) is 81.7 Å². The van der Waals surface area contributed by atoms with E-state index >= 15 is 0 Å². The van der Waals surface area contributed by atoms with Gasteiger partial charge in [-0.05, 0) is 34.1 Å². The summed E-state index contributed by atoms with van der Waals surface area (Å²) in [4.78, 5) is 34.8. The van der Waals surface area contributed by atoms with Crippen LogP contribution in [0.4, 0.5) is 4.79 Å². The third-order valence-electron chi connectivity index (χ3n) is 2.67. The number of carbonyl (C=O) groups is 3. The van der Waals surface area contributed by atoms with E-state index in [9.17, 15) is 14.4 Å². The summed E-state index contributed by atoms with van der Waals surface area (Å²) in [7, 11) is 0. The van der Waals surface area contributed by atoms with E-state index in [-0.39, 0.29) is 31.2 Å². The number of hydrogen-bond acceptors (Lipinski definition) is 5. The summed E-state index contributed by atoms with van der Waals surface area (Å²) in [5, 5.41) is 2.49. The van der Waals surface area contributed by atoms with E-state index in [0.29, 0.717) is 0 Å². The molecule has 1 aliphatic carbocycles. The standard InChI is InChI=1S/C13H21NO5/c1-5-18-11(16)8-6-9(10(15)7-8)14-12(17)19-13(2,3)4/h8-9H,5-7H2,1-4H3,(H,14,17)/t8-,9-/m1/s1. The molecule has 2 atom stereocenters. The minimum atomic E-state index is -0.663. The van der Waals surface area contributed by atoms with Gasteiger partial charge in [0.05, 0.1) is 18.6 Å². The van der Waals surface area contributed by atoms with Crippen molar-refractivity contribution in [2.45, 2.75) is 52.2 Å². The third-order valence-corrected chi connectivity index (χ3v) is 2.67. The summed E-state index contributed by atoms with van der Waals surface area (Å²) in [6.45, 7) is 7.22. The summed E-state index contributed by atoms with van der Waals surface area (Å²) < 4.78 is 9.95. The van der Waals surface area contributed by atoms with Crippen molar-refractivity contribution in [2.75, 3.05) is 6.61 Å². The molecule has 0 radical (unpaired) electrons. The van der Waals surface area contributed by atoms with Crippen molar-refractivity contribution in [1.29, 1.82) is 0 Å². The van der Waals surface area contributed by atoms with Crippen LogP contribution in [0.2, 0.25) is 0 Å². The van der Waals surface area contributed by atoms with E-state index in [4.69, 9.17) is 9.47 Å². The Morgan fingerprint density at radius 2 is 2.00 bits per heavy atom. The molecule has 6 nitrogen and oxygen atoms in total. The van der Waals surface area contributed by atoms with Crippen LogP contribution in [0.15, 0.2) is 0 Å². The quantitative estimate of drug-likeness (QED) is 0.785. The minimum Gasteiger partial charge on any atom is -0.466 e. The molecule has 108 valence electrons. The first-order chi connectivity index (χ1) is 8.73. The number of nitrogens with one attached hydrogen (secondary N) is 1. The Morgan fingerprint density at radius 3 is 2.53 bits per heavy atom. The van der Waals surface area contributed by atoms with Gasteiger partial charge in [-0.25, -0.2) is 4.79 Å². The molecule has 0 spiro atoms. The van der Waals surface area contributed by atoms with Crippen molar-refractivity contribution in [3.05, 3.63) is 0 Å². The number of Topliss-reactive ketones (excluding diaryl/α,β-unsaturated/α-hetero) is 1. The molecule has 0 aromatic heterocycles. The van der Waals surface area contributed by atoms with E-state index in [1.165, 1.54) is 0 Å². The SMILES string of the molecule is CCOC(=O)[C@H]1CC(=O)[C@H](NC(=O)OC(C)(C)C)C1. The van der Waals surface area contributed by atoms with Gasteiger partial charge in [0, 0.05) is 6.42 Å².